The van der Waals surface area contributed by atoms with Crippen molar-refractivity contribution in [1.82, 2.24) is 15.4 Å². The number of piperazine rings is 1. The molecule has 1 aliphatic rings. The minimum absolute atomic E-state index is 0.00424. The number of carbonyl (C=O) groups excluding carboxylic acids is 1. The van der Waals surface area contributed by atoms with Gasteiger partial charge in [-0.25, -0.2) is 0 Å². The molecule has 2 heterocycles. The normalized spacial score (nSPS) is 18.2. The van der Waals surface area contributed by atoms with E-state index in [0.717, 1.165) is 29.9 Å². The Balaban J connectivity index is 1.82. The second-order valence-electron chi connectivity index (χ2n) is 5.84. The number of halogens is 1. The molecule has 1 aromatic heterocycles. The third-order valence-electron chi connectivity index (χ3n) is 4.31. The lowest BCUT2D eigenvalue weighted by molar-refractivity contribution is -0.133. The summed E-state index contributed by atoms with van der Waals surface area (Å²) >= 11 is 6.10. The average Bonchev–Trinajstić information content (AvgIpc) is 2.87. The molecule has 0 radical (unpaired) electrons. The number of nitrogens with zero attached hydrogens (tertiary/aromatic N) is 2. The zero-order valence-electron chi connectivity index (χ0n) is 13.3. The lowest BCUT2D eigenvalue weighted by atomic mass is 10.0. The maximum Gasteiger partial charge on any atom is 0.227 e. The van der Waals surface area contributed by atoms with Crippen molar-refractivity contribution >= 4 is 17.5 Å². The SMILES string of the molecule is Cc1noc(C)c1CC(=O)N1CCNCC1c1cccc(Cl)c1. The topological polar surface area (TPSA) is 58.4 Å². The van der Waals surface area contributed by atoms with Crippen LogP contribution in [0.3, 0.4) is 0 Å². The highest BCUT2D eigenvalue weighted by Crippen LogP contribution is 2.26. The summed E-state index contributed by atoms with van der Waals surface area (Å²) in [4.78, 5) is 14.8. The molecule has 122 valence electrons. The van der Waals surface area contributed by atoms with Crippen molar-refractivity contribution in [2.24, 2.45) is 0 Å². The monoisotopic (exact) mass is 333 g/mol. The van der Waals surface area contributed by atoms with E-state index in [9.17, 15) is 4.79 Å². The van der Waals surface area contributed by atoms with E-state index in [1.807, 2.05) is 43.0 Å². The fourth-order valence-electron chi connectivity index (χ4n) is 3.02. The van der Waals surface area contributed by atoms with Crippen LogP contribution < -0.4 is 5.32 Å². The summed E-state index contributed by atoms with van der Waals surface area (Å²) in [5.74, 6) is 0.802. The smallest absolute Gasteiger partial charge is 0.227 e. The summed E-state index contributed by atoms with van der Waals surface area (Å²) in [7, 11) is 0. The van der Waals surface area contributed by atoms with Crippen molar-refractivity contribution in [3.8, 4) is 0 Å². The molecular formula is C17H20ClN3O2. The van der Waals surface area contributed by atoms with Crippen molar-refractivity contribution in [3.63, 3.8) is 0 Å². The van der Waals surface area contributed by atoms with E-state index in [0.29, 0.717) is 23.7 Å². The molecular weight excluding hydrogens is 314 g/mol. The fraction of sp³-hybridized carbons (Fsp3) is 0.412. The van der Waals surface area contributed by atoms with E-state index in [1.54, 1.807) is 0 Å². The molecule has 1 N–H and O–H groups in total. The predicted octanol–water partition coefficient (Wildman–Crippen LogP) is 2.66. The Bertz CT molecular complexity index is 694. The Labute approximate surface area is 140 Å². The molecule has 1 amide bonds. The van der Waals surface area contributed by atoms with E-state index in [4.69, 9.17) is 16.1 Å². The van der Waals surface area contributed by atoms with Crippen molar-refractivity contribution < 1.29 is 9.32 Å². The molecule has 0 bridgehead atoms. The van der Waals surface area contributed by atoms with Crippen LogP contribution in [0.2, 0.25) is 5.02 Å². The highest BCUT2D eigenvalue weighted by molar-refractivity contribution is 6.30. The number of aromatic nitrogens is 1. The van der Waals surface area contributed by atoms with Gasteiger partial charge in [-0.15, -0.1) is 0 Å². The van der Waals surface area contributed by atoms with Crippen LogP contribution in [0.25, 0.3) is 0 Å². The van der Waals surface area contributed by atoms with Crippen LogP contribution in [0.5, 0.6) is 0 Å². The number of carbonyl (C=O) groups is 1. The molecule has 23 heavy (non-hydrogen) atoms. The number of aryl methyl sites for hydroxylation is 2. The summed E-state index contributed by atoms with van der Waals surface area (Å²) in [6, 6.07) is 7.70. The number of benzene rings is 1. The van der Waals surface area contributed by atoms with Gasteiger partial charge in [0.15, 0.2) is 0 Å². The van der Waals surface area contributed by atoms with Gasteiger partial charge in [-0.3, -0.25) is 4.79 Å². The standard InChI is InChI=1S/C17H20ClN3O2/c1-11-15(12(2)23-20-11)9-17(22)21-7-6-19-10-16(21)13-4-3-5-14(18)8-13/h3-5,8,16,19H,6-7,9-10H2,1-2H3. The molecule has 2 aromatic rings. The van der Waals surface area contributed by atoms with Gasteiger partial charge in [-0.1, -0.05) is 28.9 Å². The van der Waals surface area contributed by atoms with Crippen molar-refractivity contribution in [2.75, 3.05) is 19.6 Å². The molecule has 5 nitrogen and oxygen atoms in total. The van der Waals surface area contributed by atoms with Crippen LogP contribution in [0.4, 0.5) is 0 Å². The maximum atomic E-state index is 12.8. The lowest BCUT2D eigenvalue weighted by Crippen LogP contribution is -2.49. The zero-order valence-corrected chi connectivity index (χ0v) is 14.1. The quantitative estimate of drug-likeness (QED) is 0.938. The number of rotatable bonds is 3. The van der Waals surface area contributed by atoms with Gasteiger partial charge in [0.05, 0.1) is 18.2 Å². The van der Waals surface area contributed by atoms with Crippen LogP contribution in [0.15, 0.2) is 28.8 Å². The number of amides is 1. The van der Waals surface area contributed by atoms with E-state index in [1.165, 1.54) is 0 Å². The largest absolute Gasteiger partial charge is 0.361 e. The first kappa shape index (κ1) is 16.0. The third-order valence-corrected chi connectivity index (χ3v) is 4.54. The van der Waals surface area contributed by atoms with Gasteiger partial charge >= 0.3 is 0 Å². The van der Waals surface area contributed by atoms with Crippen molar-refractivity contribution in [3.05, 3.63) is 51.9 Å². The first-order valence-corrected chi connectivity index (χ1v) is 8.11. The van der Waals surface area contributed by atoms with Crippen LogP contribution in [0.1, 0.15) is 28.6 Å². The Morgan fingerprint density at radius 3 is 3.00 bits per heavy atom. The molecule has 6 heteroatoms. The molecule has 1 aromatic carbocycles. The van der Waals surface area contributed by atoms with E-state index in [2.05, 4.69) is 10.5 Å². The minimum Gasteiger partial charge on any atom is -0.361 e. The first-order valence-electron chi connectivity index (χ1n) is 7.73. The molecule has 1 fully saturated rings. The molecule has 0 aliphatic carbocycles. The van der Waals surface area contributed by atoms with Crippen LogP contribution >= 0.6 is 11.6 Å². The predicted molar refractivity (Wildman–Crippen MR) is 88.5 cm³/mol. The summed E-state index contributed by atoms with van der Waals surface area (Å²) in [6.45, 7) is 5.91. The van der Waals surface area contributed by atoms with Crippen LogP contribution in [0, 0.1) is 13.8 Å². The van der Waals surface area contributed by atoms with Gasteiger partial charge in [-0.2, -0.15) is 0 Å². The molecule has 1 aliphatic heterocycles. The average molecular weight is 334 g/mol. The number of hydrogen-bond acceptors (Lipinski definition) is 4. The van der Waals surface area contributed by atoms with Crippen molar-refractivity contribution in [2.45, 2.75) is 26.3 Å². The Kier molecular flexibility index (Phi) is 4.68. The van der Waals surface area contributed by atoms with E-state index >= 15 is 0 Å². The summed E-state index contributed by atoms with van der Waals surface area (Å²) in [5, 5.41) is 7.97. The van der Waals surface area contributed by atoms with Crippen LogP contribution in [-0.2, 0) is 11.2 Å². The van der Waals surface area contributed by atoms with Crippen LogP contribution in [-0.4, -0.2) is 35.6 Å². The Morgan fingerprint density at radius 1 is 1.48 bits per heavy atom. The summed E-state index contributed by atoms with van der Waals surface area (Å²) in [5.41, 5.74) is 2.72. The van der Waals surface area contributed by atoms with Gasteiger partial charge in [0.2, 0.25) is 5.91 Å². The van der Waals surface area contributed by atoms with Gasteiger partial charge in [0.25, 0.3) is 0 Å². The Hall–Kier alpha value is -1.85. The van der Waals surface area contributed by atoms with Gasteiger partial charge in [0, 0.05) is 30.2 Å². The summed E-state index contributed by atoms with van der Waals surface area (Å²) < 4.78 is 5.16. The molecule has 0 saturated carbocycles. The number of nitrogens with one attached hydrogen (secondary N) is 1. The molecule has 1 atom stereocenters. The molecule has 1 saturated heterocycles. The molecule has 1 unspecified atom stereocenters. The Morgan fingerprint density at radius 2 is 2.30 bits per heavy atom. The highest BCUT2D eigenvalue weighted by atomic mass is 35.5. The fourth-order valence-corrected chi connectivity index (χ4v) is 3.22. The van der Waals surface area contributed by atoms with Gasteiger partial charge < -0.3 is 14.7 Å². The van der Waals surface area contributed by atoms with E-state index < -0.39 is 0 Å². The van der Waals surface area contributed by atoms with Crippen molar-refractivity contribution in [1.29, 1.82) is 0 Å². The van der Waals surface area contributed by atoms with E-state index in [-0.39, 0.29) is 11.9 Å². The minimum atomic E-state index is -0.00424. The van der Waals surface area contributed by atoms with Gasteiger partial charge in [0.1, 0.15) is 5.76 Å². The second-order valence-corrected chi connectivity index (χ2v) is 6.28. The first-order chi connectivity index (χ1) is 11.1. The number of hydrogen-bond donors (Lipinski definition) is 1. The second kappa shape index (κ2) is 6.72. The maximum absolute atomic E-state index is 12.8. The molecule has 0 spiro atoms. The lowest BCUT2D eigenvalue weighted by Gasteiger charge is -2.36. The molecule has 3 rings (SSSR count). The highest BCUT2D eigenvalue weighted by Gasteiger charge is 2.29. The van der Waals surface area contributed by atoms with Gasteiger partial charge in [-0.05, 0) is 31.5 Å². The summed E-state index contributed by atoms with van der Waals surface area (Å²) in [6.07, 6.45) is 0.318. The zero-order chi connectivity index (χ0) is 16.4. The third kappa shape index (κ3) is 3.41.